The summed E-state index contributed by atoms with van der Waals surface area (Å²) in [5.41, 5.74) is 1.81. The molecule has 7 heteroatoms. The molecule has 2 rings (SSSR count). The van der Waals surface area contributed by atoms with E-state index in [9.17, 15) is 9.59 Å². The molecule has 2 aromatic rings. The minimum absolute atomic E-state index is 0.183. The third-order valence-electron chi connectivity index (χ3n) is 3.15. The van der Waals surface area contributed by atoms with Crippen molar-refractivity contribution in [2.24, 2.45) is 0 Å². The quantitative estimate of drug-likeness (QED) is 0.357. The molecule has 0 fully saturated rings. The minimum Gasteiger partial charge on any atom is -0.458 e. The van der Waals surface area contributed by atoms with E-state index in [-0.39, 0.29) is 13.2 Å². The first-order valence-electron chi connectivity index (χ1n) is 7.63. The highest BCUT2D eigenvalue weighted by molar-refractivity contribution is 8.76. The number of hydrogen-bond acceptors (Lipinski definition) is 7. The van der Waals surface area contributed by atoms with E-state index in [1.54, 1.807) is 21.6 Å². The average molecular weight is 390 g/mol. The van der Waals surface area contributed by atoms with Gasteiger partial charge in [-0.2, -0.15) is 0 Å². The molecule has 26 heavy (non-hydrogen) atoms. The molecule has 0 aliphatic heterocycles. The van der Waals surface area contributed by atoms with Crippen LogP contribution in [0.15, 0.2) is 71.0 Å². The summed E-state index contributed by atoms with van der Waals surface area (Å²) in [5.74, 6) is -0.431. The maximum absolute atomic E-state index is 11.0. The Hall–Kier alpha value is -2.38. The van der Waals surface area contributed by atoms with Gasteiger partial charge < -0.3 is 14.2 Å². The fraction of sp³-hybridized carbons (Fsp3) is 0.158. The van der Waals surface area contributed by atoms with Crippen LogP contribution in [0.2, 0.25) is 0 Å². The lowest BCUT2D eigenvalue weighted by molar-refractivity contribution is -0.138. The summed E-state index contributed by atoms with van der Waals surface area (Å²) in [6.07, 6.45) is 0.454. The number of carbonyl (C=O) groups excluding carboxylic acids is 2. The molecule has 0 aliphatic carbocycles. The van der Waals surface area contributed by atoms with Crippen LogP contribution in [0.4, 0.5) is 4.79 Å². The number of esters is 1. The van der Waals surface area contributed by atoms with Gasteiger partial charge in [0.15, 0.2) is 0 Å². The van der Waals surface area contributed by atoms with E-state index in [0.29, 0.717) is 0 Å². The molecular weight excluding hydrogens is 372 g/mol. The Kier molecular flexibility index (Phi) is 8.11. The van der Waals surface area contributed by atoms with Crippen LogP contribution in [0.5, 0.6) is 0 Å². The normalized spacial score (nSPS) is 10.0. The molecule has 0 heterocycles. The van der Waals surface area contributed by atoms with E-state index in [4.69, 9.17) is 9.47 Å². The van der Waals surface area contributed by atoms with Gasteiger partial charge in [-0.05, 0) is 35.4 Å². The van der Waals surface area contributed by atoms with Gasteiger partial charge in [-0.3, -0.25) is 0 Å². The molecule has 0 saturated carbocycles. The van der Waals surface area contributed by atoms with Crippen LogP contribution in [0.3, 0.4) is 0 Å². The third kappa shape index (κ3) is 6.85. The van der Waals surface area contributed by atoms with Crippen molar-refractivity contribution in [2.45, 2.75) is 23.0 Å². The van der Waals surface area contributed by atoms with E-state index in [0.717, 1.165) is 27.0 Å². The fourth-order valence-corrected chi connectivity index (χ4v) is 3.72. The van der Waals surface area contributed by atoms with Crippen LogP contribution in [0, 0.1) is 0 Å². The second-order valence-electron chi connectivity index (χ2n) is 5.01. The molecule has 0 saturated heterocycles. The maximum atomic E-state index is 11.0. The monoisotopic (exact) mass is 390 g/mol. The van der Waals surface area contributed by atoms with E-state index >= 15 is 0 Å². The molecule has 2 aromatic carbocycles. The van der Waals surface area contributed by atoms with Gasteiger partial charge in [0, 0.05) is 15.9 Å². The van der Waals surface area contributed by atoms with Crippen molar-refractivity contribution in [3.05, 3.63) is 72.3 Å². The summed E-state index contributed by atoms with van der Waals surface area (Å²) in [6.45, 7) is 3.78. The standard InChI is InChI=1S/C19H18O5S2/c1-3-18(20)23-12-14-4-8-16(9-5-14)25-26-17-10-6-15(7-11-17)13-24-19(21)22-2/h3-11H,1,12-13H2,2H3. The molecule has 0 radical (unpaired) electrons. The summed E-state index contributed by atoms with van der Waals surface area (Å²) in [4.78, 5) is 24.2. The molecule has 0 amide bonds. The zero-order chi connectivity index (χ0) is 18.8. The number of benzene rings is 2. The predicted molar refractivity (Wildman–Crippen MR) is 102 cm³/mol. The largest absolute Gasteiger partial charge is 0.508 e. The Morgan fingerprint density at radius 2 is 1.35 bits per heavy atom. The van der Waals surface area contributed by atoms with Crippen molar-refractivity contribution >= 4 is 33.7 Å². The van der Waals surface area contributed by atoms with Gasteiger partial charge in [0.25, 0.3) is 0 Å². The van der Waals surface area contributed by atoms with Gasteiger partial charge in [-0.25, -0.2) is 9.59 Å². The number of carbonyl (C=O) groups is 2. The van der Waals surface area contributed by atoms with Crippen molar-refractivity contribution in [3.63, 3.8) is 0 Å². The zero-order valence-electron chi connectivity index (χ0n) is 14.2. The highest BCUT2D eigenvalue weighted by atomic mass is 33.1. The zero-order valence-corrected chi connectivity index (χ0v) is 15.8. The molecule has 0 unspecified atom stereocenters. The van der Waals surface area contributed by atoms with Crippen LogP contribution in [-0.4, -0.2) is 19.2 Å². The summed E-state index contributed by atoms with van der Waals surface area (Å²) >= 11 is 0. The lowest BCUT2D eigenvalue weighted by Crippen LogP contribution is -2.03. The molecule has 0 bridgehead atoms. The van der Waals surface area contributed by atoms with Crippen LogP contribution >= 0.6 is 21.6 Å². The van der Waals surface area contributed by atoms with E-state index in [1.807, 2.05) is 48.5 Å². The van der Waals surface area contributed by atoms with Crippen LogP contribution < -0.4 is 0 Å². The SMILES string of the molecule is C=CC(=O)OCc1ccc(SSc2ccc(COC(=O)OC)cc2)cc1. The van der Waals surface area contributed by atoms with Gasteiger partial charge >= 0.3 is 12.1 Å². The van der Waals surface area contributed by atoms with E-state index in [2.05, 4.69) is 11.3 Å². The highest BCUT2D eigenvalue weighted by Crippen LogP contribution is 2.37. The highest BCUT2D eigenvalue weighted by Gasteiger charge is 2.03. The molecule has 5 nitrogen and oxygen atoms in total. The summed E-state index contributed by atoms with van der Waals surface area (Å²) < 4.78 is 14.3. The van der Waals surface area contributed by atoms with E-state index in [1.165, 1.54) is 7.11 Å². The second-order valence-corrected chi connectivity index (χ2v) is 7.29. The molecular formula is C19H18O5S2. The summed E-state index contributed by atoms with van der Waals surface area (Å²) in [6, 6.07) is 15.6. The molecule has 0 aromatic heterocycles. The smallest absolute Gasteiger partial charge is 0.458 e. The average Bonchev–Trinajstić information content (AvgIpc) is 2.70. The number of rotatable bonds is 8. The fourth-order valence-electron chi connectivity index (χ4n) is 1.79. The Labute approximate surface area is 160 Å². The molecule has 0 aliphatic rings. The number of methoxy groups -OCH3 is 1. The summed E-state index contributed by atoms with van der Waals surface area (Å²) in [5, 5.41) is 0. The molecule has 0 spiro atoms. The van der Waals surface area contributed by atoms with Crippen molar-refractivity contribution < 1.29 is 23.8 Å². The van der Waals surface area contributed by atoms with Crippen molar-refractivity contribution in [1.29, 1.82) is 0 Å². The Balaban J connectivity index is 1.80. The number of ether oxygens (including phenoxy) is 3. The van der Waals surface area contributed by atoms with Crippen molar-refractivity contribution in [3.8, 4) is 0 Å². The predicted octanol–water partition coefficient (Wildman–Crippen LogP) is 5.00. The maximum Gasteiger partial charge on any atom is 0.508 e. The lowest BCUT2D eigenvalue weighted by Gasteiger charge is -2.06. The first kappa shape index (κ1) is 19.9. The Morgan fingerprint density at radius 3 is 1.77 bits per heavy atom. The minimum atomic E-state index is -0.693. The third-order valence-corrected chi connectivity index (χ3v) is 5.57. The number of hydrogen-bond donors (Lipinski definition) is 0. The van der Waals surface area contributed by atoms with Crippen LogP contribution in [0.25, 0.3) is 0 Å². The second kappa shape index (κ2) is 10.6. The molecule has 136 valence electrons. The molecule has 0 N–H and O–H groups in total. The van der Waals surface area contributed by atoms with E-state index < -0.39 is 12.1 Å². The van der Waals surface area contributed by atoms with Gasteiger partial charge in [0.1, 0.15) is 13.2 Å². The van der Waals surface area contributed by atoms with Gasteiger partial charge in [0.05, 0.1) is 7.11 Å². The lowest BCUT2D eigenvalue weighted by atomic mass is 10.2. The Morgan fingerprint density at radius 1 is 0.885 bits per heavy atom. The van der Waals surface area contributed by atoms with Gasteiger partial charge in [0.2, 0.25) is 0 Å². The first-order chi connectivity index (χ1) is 12.6. The first-order valence-corrected chi connectivity index (χ1v) is 9.78. The van der Waals surface area contributed by atoms with Gasteiger partial charge in [-0.15, -0.1) is 0 Å². The topological polar surface area (TPSA) is 61.8 Å². The van der Waals surface area contributed by atoms with Crippen molar-refractivity contribution in [1.82, 2.24) is 0 Å². The van der Waals surface area contributed by atoms with Crippen LogP contribution in [0.1, 0.15) is 11.1 Å². The Bertz CT molecular complexity index is 742. The van der Waals surface area contributed by atoms with Gasteiger partial charge in [-0.1, -0.05) is 52.4 Å². The molecule has 0 atom stereocenters. The van der Waals surface area contributed by atoms with Crippen molar-refractivity contribution in [2.75, 3.05) is 7.11 Å². The summed E-state index contributed by atoms with van der Waals surface area (Å²) in [7, 11) is 4.53. The van der Waals surface area contributed by atoms with Crippen LogP contribution in [-0.2, 0) is 32.2 Å².